The molecule has 1 saturated carbocycles. The highest BCUT2D eigenvalue weighted by molar-refractivity contribution is 5.92. The molecule has 0 spiro atoms. The first kappa shape index (κ1) is 17.5. The standard InChI is InChI=1S/C18H27N3O2/c1-13(2)21(14(3)22)12-16-6-8-17(9-7-16)20-18(23)11-19-10-15-4-5-15/h6-9,13,15,19H,4-5,10-12H2,1-3H3,(H,20,23). The smallest absolute Gasteiger partial charge is 0.238 e. The highest BCUT2D eigenvalue weighted by Gasteiger charge is 2.20. The zero-order chi connectivity index (χ0) is 16.8. The van der Waals surface area contributed by atoms with Gasteiger partial charge >= 0.3 is 0 Å². The van der Waals surface area contributed by atoms with E-state index in [1.165, 1.54) is 12.8 Å². The molecule has 0 bridgehead atoms. The maximum absolute atomic E-state index is 11.8. The summed E-state index contributed by atoms with van der Waals surface area (Å²) in [5.74, 6) is 0.817. The van der Waals surface area contributed by atoms with Crippen molar-refractivity contribution in [1.29, 1.82) is 0 Å². The van der Waals surface area contributed by atoms with Crippen molar-refractivity contribution in [2.75, 3.05) is 18.4 Å². The van der Waals surface area contributed by atoms with Crippen LogP contribution in [-0.4, -0.2) is 35.8 Å². The molecule has 2 rings (SSSR count). The Bertz CT molecular complexity index is 536. The van der Waals surface area contributed by atoms with Gasteiger partial charge < -0.3 is 15.5 Å². The van der Waals surface area contributed by atoms with Crippen LogP contribution in [0.1, 0.15) is 39.2 Å². The van der Waals surface area contributed by atoms with Crippen molar-refractivity contribution in [2.45, 2.75) is 46.2 Å². The fraction of sp³-hybridized carbons (Fsp3) is 0.556. The average Bonchev–Trinajstić information content (AvgIpc) is 3.30. The third-order valence-electron chi connectivity index (χ3n) is 4.03. The average molecular weight is 317 g/mol. The molecule has 0 unspecified atom stereocenters. The zero-order valence-electron chi connectivity index (χ0n) is 14.3. The zero-order valence-corrected chi connectivity index (χ0v) is 14.3. The molecule has 1 aliphatic rings. The van der Waals surface area contributed by atoms with Gasteiger partial charge in [-0.3, -0.25) is 9.59 Å². The molecule has 5 nitrogen and oxygen atoms in total. The molecule has 2 amide bonds. The summed E-state index contributed by atoms with van der Waals surface area (Å²) < 4.78 is 0. The summed E-state index contributed by atoms with van der Waals surface area (Å²) in [5.41, 5.74) is 1.84. The van der Waals surface area contributed by atoms with E-state index in [4.69, 9.17) is 0 Å². The number of carbonyl (C=O) groups is 2. The summed E-state index contributed by atoms with van der Waals surface area (Å²) >= 11 is 0. The van der Waals surface area contributed by atoms with E-state index in [2.05, 4.69) is 10.6 Å². The Labute approximate surface area is 138 Å². The Morgan fingerprint density at radius 3 is 2.39 bits per heavy atom. The fourth-order valence-corrected chi connectivity index (χ4v) is 2.46. The van der Waals surface area contributed by atoms with Gasteiger partial charge in [-0.2, -0.15) is 0 Å². The summed E-state index contributed by atoms with van der Waals surface area (Å²) in [6.45, 7) is 7.47. The predicted octanol–water partition coefficient (Wildman–Crippen LogP) is 2.38. The largest absolute Gasteiger partial charge is 0.336 e. The number of anilines is 1. The summed E-state index contributed by atoms with van der Waals surface area (Å²) in [6.07, 6.45) is 2.56. The Balaban J connectivity index is 1.80. The van der Waals surface area contributed by atoms with Crippen molar-refractivity contribution in [3.8, 4) is 0 Å². The van der Waals surface area contributed by atoms with E-state index < -0.39 is 0 Å². The highest BCUT2D eigenvalue weighted by atomic mass is 16.2. The minimum Gasteiger partial charge on any atom is -0.336 e. The summed E-state index contributed by atoms with van der Waals surface area (Å²) in [4.78, 5) is 25.3. The minimum absolute atomic E-state index is 0.0223. The normalized spacial score (nSPS) is 13.9. The lowest BCUT2D eigenvalue weighted by atomic mass is 10.1. The van der Waals surface area contributed by atoms with Gasteiger partial charge in [0.15, 0.2) is 0 Å². The van der Waals surface area contributed by atoms with Crippen LogP contribution in [0.2, 0.25) is 0 Å². The van der Waals surface area contributed by atoms with Crippen LogP contribution in [0.5, 0.6) is 0 Å². The van der Waals surface area contributed by atoms with Crippen LogP contribution < -0.4 is 10.6 Å². The van der Waals surface area contributed by atoms with Gasteiger partial charge in [-0.1, -0.05) is 12.1 Å². The molecule has 0 heterocycles. The van der Waals surface area contributed by atoms with E-state index in [0.29, 0.717) is 13.1 Å². The lowest BCUT2D eigenvalue weighted by Gasteiger charge is -2.25. The summed E-state index contributed by atoms with van der Waals surface area (Å²) in [6, 6.07) is 7.83. The number of nitrogens with zero attached hydrogens (tertiary/aromatic N) is 1. The van der Waals surface area contributed by atoms with E-state index in [9.17, 15) is 9.59 Å². The third kappa shape index (κ3) is 6.02. The summed E-state index contributed by atoms with van der Waals surface area (Å²) in [7, 11) is 0. The van der Waals surface area contributed by atoms with E-state index in [1.54, 1.807) is 6.92 Å². The number of benzene rings is 1. The molecule has 1 fully saturated rings. The molecule has 0 saturated heterocycles. The van der Waals surface area contributed by atoms with E-state index in [0.717, 1.165) is 23.7 Å². The molecular formula is C18H27N3O2. The first-order chi connectivity index (χ1) is 11.0. The molecule has 0 radical (unpaired) electrons. The van der Waals surface area contributed by atoms with E-state index in [-0.39, 0.29) is 17.9 Å². The van der Waals surface area contributed by atoms with Crippen LogP contribution >= 0.6 is 0 Å². The van der Waals surface area contributed by atoms with Crippen LogP contribution in [0.3, 0.4) is 0 Å². The van der Waals surface area contributed by atoms with Crippen LogP contribution in [-0.2, 0) is 16.1 Å². The Kier molecular flexibility index (Phi) is 6.16. The minimum atomic E-state index is -0.0223. The van der Waals surface area contributed by atoms with Crippen molar-refractivity contribution in [3.63, 3.8) is 0 Å². The van der Waals surface area contributed by atoms with Gasteiger partial charge in [-0.15, -0.1) is 0 Å². The number of rotatable bonds is 8. The lowest BCUT2D eigenvalue weighted by Crippen LogP contribution is -2.34. The van der Waals surface area contributed by atoms with Crippen LogP contribution in [0.4, 0.5) is 5.69 Å². The summed E-state index contributed by atoms with van der Waals surface area (Å²) in [5, 5.41) is 6.05. The van der Waals surface area contributed by atoms with E-state index >= 15 is 0 Å². The Morgan fingerprint density at radius 1 is 1.22 bits per heavy atom. The van der Waals surface area contributed by atoms with Crippen molar-refractivity contribution < 1.29 is 9.59 Å². The van der Waals surface area contributed by atoms with Gasteiger partial charge in [0.2, 0.25) is 11.8 Å². The van der Waals surface area contributed by atoms with Gasteiger partial charge in [-0.05, 0) is 56.8 Å². The molecule has 2 N–H and O–H groups in total. The van der Waals surface area contributed by atoms with Crippen LogP contribution in [0, 0.1) is 5.92 Å². The molecule has 126 valence electrons. The number of hydrogen-bond donors (Lipinski definition) is 2. The lowest BCUT2D eigenvalue weighted by molar-refractivity contribution is -0.131. The highest BCUT2D eigenvalue weighted by Crippen LogP contribution is 2.27. The van der Waals surface area contributed by atoms with Crippen molar-refractivity contribution >= 4 is 17.5 Å². The second kappa shape index (κ2) is 8.11. The van der Waals surface area contributed by atoms with E-state index in [1.807, 2.05) is 43.0 Å². The molecule has 23 heavy (non-hydrogen) atoms. The maximum Gasteiger partial charge on any atom is 0.238 e. The quantitative estimate of drug-likeness (QED) is 0.774. The van der Waals surface area contributed by atoms with Crippen molar-refractivity contribution in [1.82, 2.24) is 10.2 Å². The molecule has 1 aromatic carbocycles. The van der Waals surface area contributed by atoms with Crippen molar-refractivity contribution in [2.24, 2.45) is 5.92 Å². The molecular weight excluding hydrogens is 290 g/mol. The second-order valence-corrected chi connectivity index (χ2v) is 6.56. The number of nitrogens with one attached hydrogen (secondary N) is 2. The second-order valence-electron chi connectivity index (χ2n) is 6.56. The number of hydrogen-bond acceptors (Lipinski definition) is 3. The van der Waals surface area contributed by atoms with Crippen LogP contribution in [0.25, 0.3) is 0 Å². The molecule has 1 aromatic rings. The number of carbonyl (C=O) groups excluding carboxylic acids is 2. The van der Waals surface area contributed by atoms with Gasteiger partial charge in [-0.25, -0.2) is 0 Å². The topological polar surface area (TPSA) is 61.4 Å². The van der Waals surface area contributed by atoms with Gasteiger partial charge in [0, 0.05) is 25.2 Å². The third-order valence-corrected chi connectivity index (χ3v) is 4.03. The van der Waals surface area contributed by atoms with Gasteiger partial charge in [0.1, 0.15) is 0 Å². The van der Waals surface area contributed by atoms with Gasteiger partial charge in [0.05, 0.1) is 6.54 Å². The molecule has 0 atom stereocenters. The first-order valence-electron chi connectivity index (χ1n) is 8.32. The predicted molar refractivity (Wildman–Crippen MR) is 92.0 cm³/mol. The fourth-order valence-electron chi connectivity index (χ4n) is 2.46. The molecule has 0 aromatic heterocycles. The van der Waals surface area contributed by atoms with Crippen molar-refractivity contribution in [3.05, 3.63) is 29.8 Å². The first-order valence-corrected chi connectivity index (χ1v) is 8.32. The van der Waals surface area contributed by atoms with Crippen LogP contribution in [0.15, 0.2) is 24.3 Å². The monoisotopic (exact) mass is 317 g/mol. The molecule has 1 aliphatic carbocycles. The number of amides is 2. The molecule has 5 heteroatoms. The van der Waals surface area contributed by atoms with Gasteiger partial charge in [0.25, 0.3) is 0 Å². The Morgan fingerprint density at radius 2 is 1.87 bits per heavy atom. The maximum atomic E-state index is 11.8. The Hall–Kier alpha value is -1.88. The SMILES string of the molecule is CC(=O)N(Cc1ccc(NC(=O)CNCC2CC2)cc1)C(C)C. The molecule has 0 aliphatic heterocycles.